The van der Waals surface area contributed by atoms with E-state index in [1.807, 2.05) is 18.2 Å². The van der Waals surface area contributed by atoms with E-state index in [1.165, 1.54) is 28.2 Å². The number of para-hydroxylation sites is 1. The Hall–Kier alpha value is -2.65. The number of anilines is 1. The lowest BCUT2D eigenvalue weighted by atomic mass is 10.0. The minimum Gasteiger partial charge on any atom is -0.371 e. The van der Waals surface area contributed by atoms with Crippen molar-refractivity contribution in [1.82, 2.24) is 14.5 Å². The third-order valence-corrected chi connectivity index (χ3v) is 7.86. The van der Waals surface area contributed by atoms with Gasteiger partial charge >= 0.3 is 6.03 Å². The van der Waals surface area contributed by atoms with Crippen LogP contribution in [0, 0.1) is 5.82 Å². The molecule has 1 N–H and O–H groups in total. The fourth-order valence-electron chi connectivity index (χ4n) is 4.11. The molecular formula is C22H27FN4O3S. The predicted molar refractivity (Wildman–Crippen MR) is 117 cm³/mol. The highest BCUT2D eigenvalue weighted by Crippen LogP contribution is 2.22. The first-order valence-corrected chi connectivity index (χ1v) is 12.0. The number of piperazine rings is 1. The Morgan fingerprint density at radius 2 is 1.48 bits per heavy atom. The van der Waals surface area contributed by atoms with Gasteiger partial charge in [-0.05, 0) is 37.1 Å². The van der Waals surface area contributed by atoms with Gasteiger partial charge in [-0.25, -0.2) is 17.6 Å². The highest BCUT2D eigenvalue weighted by molar-refractivity contribution is 7.89. The van der Waals surface area contributed by atoms with Crippen LogP contribution in [0.5, 0.6) is 0 Å². The molecule has 4 rings (SSSR count). The number of nitrogens with zero attached hydrogens (tertiary/aromatic N) is 3. The van der Waals surface area contributed by atoms with Crippen LogP contribution in [0.15, 0.2) is 59.5 Å². The molecule has 0 aromatic heterocycles. The maximum absolute atomic E-state index is 14.0. The Balaban J connectivity index is 1.27. The summed E-state index contributed by atoms with van der Waals surface area (Å²) >= 11 is 0. The van der Waals surface area contributed by atoms with Gasteiger partial charge in [-0.2, -0.15) is 4.31 Å². The molecule has 2 aromatic carbocycles. The van der Waals surface area contributed by atoms with E-state index in [-0.39, 0.29) is 43.1 Å². The Labute approximate surface area is 182 Å². The van der Waals surface area contributed by atoms with E-state index >= 15 is 0 Å². The third kappa shape index (κ3) is 4.83. The van der Waals surface area contributed by atoms with Crippen LogP contribution < -0.4 is 10.2 Å². The number of halogens is 1. The van der Waals surface area contributed by atoms with Crippen molar-refractivity contribution in [3.8, 4) is 0 Å². The predicted octanol–water partition coefficient (Wildman–Crippen LogP) is 2.51. The summed E-state index contributed by atoms with van der Waals surface area (Å²) in [6, 6.07) is 15.5. The second-order valence-corrected chi connectivity index (χ2v) is 9.77. The van der Waals surface area contributed by atoms with Crippen LogP contribution in [0.2, 0.25) is 0 Å². The number of hydrogen-bond acceptors (Lipinski definition) is 4. The average molecular weight is 447 g/mol. The van der Waals surface area contributed by atoms with Crippen molar-refractivity contribution in [2.24, 2.45) is 0 Å². The summed E-state index contributed by atoms with van der Waals surface area (Å²) in [7, 11) is -3.91. The van der Waals surface area contributed by atoms with E-state index in [4.69, 9.17) is 0 Å². The van der Waals surface area contributed by atoms with Crippen molar-refractivity contribution in [1.29, 1.82) is 0 Å². The van der Waals surface area contributed by atoms with Crippen LogP contribution in [0.1, 0.15) is 12.8 Å². The highest BCUT2D eigenvalue weighted by atomic mass is 32.2. The van der Waals surface area contributed by atoms with Crippen LogP contribution in [0.3, 0.4) is 0 Å². The van der Waals surface area contributed by atoms with Gasteiger partial charge in [-0.15, -0.1) is 0 Å². The Morgan fingerprint density at radius 1 is 0.871 bits per heavy atom. The summed E-state index contributed by atoms with van der Waals surface area (Å²) < 4.78 is 40.6. The molecule has 9 heteroatoms. The zero-order chi connectivity index (χ0) is 21.8. The monoisotopic (exact) mass is 446 g/mol. The molecule has 0 aliphatic carbocycles. The third-order valence-electron chi connectivity index (χ3n) is 5.92. The van der Waals surface area contributed by atoms with E-state index in [1.54, 1.807) is 4.90 Å². The van der Waals surface area contributed by atoms with Gasteiger partial charge in [0.15, 0.2) is 0 Å². The number of hydrogen-bond donors (Lipinski definition) is 1. The Morgan fingerprint density at radius 3 is 2.13 bits per heavy atom. The van der Waals surface area contributed by atoms with Crippen LogP contribution in [0.4, 0.5) is 14.9 Å². The number of benzene rings is 2. The number of carbonyl (C=O) groups is 1. The van der Waals surface area contributed by atoms with Crippen LogP contribution >= 0.6 is 0 Å². The van der Waals surface area contributed by atoms with Gasteiger partial charge < -0.3 is 15.1 Å². The number of urea groups is 1. The van der Waals surface area contributed by atoms with Crippen molar-refractivity contribution in [3.05, 3.63) is 60.4 Å². The molecule has 0 radical (unpaired) electrons. The van der Waals surface area contributed by atoms with Crippen LogP contribution in [-0.4, -0.2) is 69.0 Å². The zero-order valence-electron chi connectivity index (χ0n) is 17.3. The molecule has 2 saturated heterocycles. The van der Waals surface area contributed by atoms with Gasteiger partial charge in [0.25, 0.3) is 0 Å². The summed E-state index contributed by atoms with van der Waals surface area (Å²) in [5.74, 6) is -0.760. The lowest BCUT2D eigenvalue weighted by molar-refractivity contribution is 0.167. The lowest BCUT2D eigenvalue weighted by Gasteiger charge is -2.37. The van der Waals surface area contributed by atoms with Crippen molar-refractivity contribution in [2.45, 2.75) is 23.8 Å². The molecule has 166 valence electrons. The first-order chi connectivity index (χ1) is 14.9. The maximum atomic E-state index is 14.0. The minimum atomic E-state index is -3.91. The SMILES string of the molecule is O=C(NC1CCN(c2ccccc2)CC1)N1CCN(S(=O)(=O)c2ccccc2F)CC1. The topological polar surface area (TPSA) is 73.0 Å². The summed E-state index contributed by atoms with van der Waals surface area (Å²) in [5, 5.41) is 3.09. The number of amides is 2. The standard InChI is InChI=1S/C22H27FN4O3S/c23-20-8-4-5-9-21(20)31(29,30)27-16-14-26(15-17-27)22(28)24-18-10-12-25(13-11-18)19-6-2-1-3-7-19/h1-9,18H,10-17H2,(H,24,28). The second kappa shape index (κ2) is 9.23. The molecule has 0 unspecified atom stereocenters. The number of piperidine rings is 1. The van der Waals surface area contributed by atoms with Crippen molar-refractivity contribution < 1.29 is 17.6 Å². The molecule has 0 spiro atoms. The van der Waals surface area contributed by atoms with Gasteiger partial charge in [0, 0.05) is 51.0 Å². The summed E-state index contributed by atoms with van der Waals surface area (Å²) in [4.78, 5) is 16.3. The molecule has 7 nitrogen and oxygen atoms in total. The molecule has 0 bridgehead atoms. The Bertz CT molecular complexity index is 1000. The molecule has 2 aliphatic heterocycles. The minimum absolute atomic E-state index is 0.104. The Kier molecular flexibility index (Phi) is 6.43. The second-order valence-electron chi connectivity index (χ2n) is 7.87. The number of carbonyl (C=O) groups excluding carboxylic acids is 1. The van der Waals surface area contributed by atoms with E-state index in [0.29, 0.717) is 0 Å². The smallest absolute Gasteiger partial charge is 0.317 e. The molecule has 0 saturated carbocycles. The van der Waals surface area contributed by atoms with Gasteiger partial charge in [0.2, 0.25) is 10.0 Å². The maximum Gasteiger partial charge on any atom is 0.317 e. The summed E-state index contributed by atoms with van der Waals surface area (Å²) in [6.45, 7) is 2.62. The number of sulfonamides is 1. The highest BCUT2D eigenvalue weighted by Gasteiger charge is 2.32. The van der Waals surface area contributed by atoms with Gasteiger partial charge in [-0.1, -0.05) is 30.3 Å². The van der Waals surface area contributed by atoms with Gasteiger partial charge in [-0.3, -0.25) is 0 Å². The fourth-order valence-corrected chi connectivity index (χ4v) is 5.60. The molecule has 2 aromatic rings. The lowest BCUT2D eigenvalue weighted by Crippen LogP contribution is -2.55. The molecule has 2 amide bonds. The number of rotatable bonds is 4. The summed E-state index contributed by atoms with van der Waals surface area (Å²) in [6.07, 6.45) is 1.73. The molecular weight excluding hydrogens is 419 g/mol. The molecule has 31 heavy (non-hydrogen) atoms. The molecule has 0 atom stereocenters. The van der Waals surface area contributed by atoms with E-state index < -0.39 is 15.8 Å². The zero-order valence-corrected chi connectivity index (χ0v) is 18.1. The molecule has 2 aliphatic rings. The largest absolute Gasteiger partial charge is 0.371 e. The van der Waals surface area contributed by atoms with Crippen molar-refractivity contribution in [3.63, 3.8) is 0 Å². The van der Waals surface area contributed by atoms with E-state index in [0.717, 1.165) is 32.0 Å². The molecule has 2 heterocycles. The first kappa shape index (κ1) is 21.6. The van der Waals surface area contributed by atoms with E-state index in [2.05, 4.69) is 22.3 Å². The van der Waals surface area contributed by atoms with Gasteiger partial charge in [0.1, 0.15) is 10.7 Å². The quantitative estimate of drug-likeness (QED) is 0.783. The number of nitrogens with one attached hydrogen (secondary N) is 1. The van der Waals surface area contributed by atoms with Crippen molar-refractivity contribution >= 4 is 21.7 Å². The fraction of sp³-hybridized carbons (Fsp3) is 0.409. The summed E-state index contributed by atoms with van der Waals surface area (Å²) in [5.41, 5.74) is 1.19. The van der Waals surface area contributed by atoms with Gasteiger partial charge in [0.05, 0.1) is 0 Å². The van der Waals surface area contributed by atoms with Crippen LogP contribution in [0.25, 0.3) is 0 Å². The first-order valence-electron chi connectivity index (χ1n) is 10.6. The molecule has 2 fully saturated rings. The average Bonchev–Trinajstić information content (AvgIpc) is 2.80. The van der Waals surface area contributed by atoms with E-state index in [9.17, 15) is 17.6 Å². The van der Waals surface area contributed by atoms with Crippen molar-refractivity contribution in [2.75, 3.05) is 44.2 Å². The normalized spacial score (nSPS) is 18.7. The van der Waals surface area contributed by atoms with Crippen LogP contribution in [-0.2, 0) is 10.0 Å².